The summed E-state index contributed by atoms with van der Waals surface area (Å²) in [5.74, 6) is 0.562. The van der Waals surface area contributed by atoms with Gasteiger partial charge in [0, 0.05) is 13.2 Å². The number of aromatic nitrogens is 1. The number of nitrogens with zero attached hydrogens (tertiary/aromatic N) is 1. The zero-order valence-corrected chi connectivity index (χ0v) is 11.9. The molecule has 0 spiro atoms. The Kier molecular flexibility index (Phi) is 4.24. The average Bonchev–Trinajstić information content (AvgIpc) is 3.31. The molecule has 6 nitrogen and oxygen atoms in total. The van der Waals surface area contributed by atoms with E-state index in [1.54, 1.807) is 6.07 Å². The molecule has 3 rings (SSSR count). The molecule has 0 radical (unpaired) electrons. The lowest BCUT2D eigenvalue weighted by Gasteiger charge is -2.23. The molecule has 1 saturated heterocycles. The lowest BCUT2D eigenvalue weighted by Crippen LogP contribution is -2.25. The van der Waals surface area contributed by atoms with Crippen LogP contribution in [-0.4, -0.2) is 41.9 Å². The number of carboxylic acid groups (broad SMARTS) is 1. The van der Waals surface area contributed by atoms with Gasteiger partial charge in [-0.2, -0.15) is 0 Å². The zero-order chi connectivity index (χ0) is 14.7. The molecule has 1 aliphatic heterocycles. The SMILES string of the molecule is O=C(O)c1ccc(OC2CC2)c(NCC2CCCOC2)n1. The fourth-order valence-electron chi connectivity index (χ4n) is 2.36. The van der Waals surface area contributed by atoms with Crippen LogP contribution in [0.1, 0.15) is 36.2 Å². The number of hydrogen-bond acceptors (Lipinski definition) is 5. The minimum Gasteiger partial charge on any atom is -0.487 e. The highest BCUT2D eigenvalue weighted by Gasteiger charge is 2.25. The third-order valence-electron chi connectivity index (χ3n) is 3.71. The molecule has 0 bridgehead atoms. The number of ether oxygens (including phenoxy) is 2. The number of anilines is 1. The van der Waals surface area contributed by atoms with E-state index >= 15 is 0 Å². The molecular formula is C15H20N2O4. The van der Waals surface area contributed by atoms with Crippen LogP contribution in [0.15, 0.2) is 12.1 Å². The van der Waals surface area contributed by atoms with Crippen molar-refractivity contribution in [2.75, 3.05) is 25.1 Å². The van der Waals surface area contributed by atoms with Crippen molar-refractivity contribution >= 4 is 11.8 Å². The monoisotopic (exact) mass is 292 g/mol. The molecule has 0 amide bonds. The van der Waals surface area contributed by atoms with Crippen molar-refractivity contribution in [3.8, 4) is 5.75 Å². The maximum Gasteiger partial charge on any atom is 0.354 e. The van der Waals surface area contributed by atoms with E-state index < -0.39 is 5.97 Å². The highest BCUT2D eigenvalue weighted by atomic mass is 16.5. The first kappa shape index (κ1) is 14.1. The first-order valence-corrected chi connectivity index (χ1v) is 7.45. The molecular weight excluding hydrogens is 272 g/mol. The second-order valence-electron chi connectivity index (χ2n) is 5.63. The molecule has 2 heterocycles. The summed E-state index contributed by atoms with van der Waals surface area (Å²) in [6, 6.07) is 3.17. The third kappa shape index (κ3) is 3.85. The van der Waals surface area contributed by atoms with Gasteiger partial charge in [0.15, 0.2) is 17.3 Å². The Labute approximate surface area is 123 Å². The van der Waals surface area contributed by atoms with Gasteiger partial charge in [0.2, 0.25) is 0 Å². The van der Waals surface area contributed by atoms with Crippen LogP contribution < -0.4 is 10.1 Å². The first-order chi connectivity index (χ1) is 10.2. The van der Waals surface area contributed by atoms with E-state index in [1.807, 2.05) is 0 Å². The summed E-state index contributed by atoms with van der Waals surface area (Å²) in [7, 11) is 0. The highest BCUT2D eigenvalue weighted by Crippen LogP contribution is 2.31. The van der Waals surface area contributed by atoms with Gasteiger partial charge in [-0.25, -0.2) is 9.78 Å². The van der Waals surface area contributed by atoms with Gasteiger partial charge in [-0.3, -0.25) is 0 Å². The van der Waals surface area contributed by atoms with Crippen LogP contribution in [0.25, 0.3) is 0 Å². The molecule has 6 heteroatoms. The summed E-state index contributed by atoms with van der Waals surface area (Å²) >= 11 is 0. The van der Waals surface area contributed by atoms with E-state index in [9.17, 15) is 4.79 Å². The minimum atomic E-state index is -1.03. The number of aromatic carboxylic acids is 1. The van der Waals surface area contributed by atoms with Crippen LogP contribution >= 0.6 is 0 Å². The average molecular weight is 292 g/mol. The Morgan fingerprint density at radius 3 is 2.95 bits per heavy atom. The Balaban J connectivity index is 1.69. The molecule has 1 saturated carbocycles. The van der Waals surface area contributed by atoms with Gasteiger partial charge >= 0.3 is 5.97 Å². The summed E-state index contributed by atoms with van der Waals surface area (Å²) in [5, 5.41) is 12.3. The van der Waals surface area contributed by atoms with Gasteiger partial charge in [-0.05, 0) is 43.7 Å². The van der Waals surface area contributed by atoms with E-state index in [-0.39, 0.29) is 11.8 Å². The fraction of sp³-hybridized carbons (Fsp3) is 0.600. The lowest BCUT2D eigenvalue weighted by molar-refractivity contribution is 0.0594. The summed E-state index contributed by atoms with van der Waals surface area (Å²) < 4.78 is 11.2. The molecule has 2 fully saturated rings. The van der Waals surface area contributed by atoms with Gasteiger partial charge in [-0.15, -0.1) is 0 Å². The van der Waals surface area contributed by atoms with E-state index in [0.717, 1.165) is 45.4 Å². The van der Waals surface area contributed by atoms with Crippen LogP contribution in [0.3, 0.4) is 0 Å². The molecule has 2 aliphatic rings. The second-order valence-corrected chi connectivity index (χ2v) is 5.63. The molecule has 21 heavy (non-hydrogen) atoms. The van der Waals surface area contributed by atoms with E-state index in [0.29, 0.717) is 17.5 Å². The smallest absolute Gasteiger partial charge is 0.354 e. The van der Waals surface area contributed by atoms with Crippen LogP contribution in [0.5, 0.6) is 5.75 Å². The molecule has 114 valence electrons. The Morgan fingerprint density at radius 2 is 2.29 bits per heavy atom. The lowest BCUT2D eigenvalue weighted by atomic mass is 10.0. The Hall–Kier alpha value is -1.82. The van der Waals surface area contributed by atoms with E-state index in [4.69, 9.17) is 14.6 Å². The summed E-state index contributed by atoms with van der Waals surface area (Å²) in [5.41, 5.74) is 0.0283. The minimum absolute atomic E-state index is 0.0283. The molecule has 2 N–H and O–H groups in total. The number of carbonyl (C=O) groups is 1. The van der Waals surface area contributed by atoms with Crippen LogP contribution in [0.2, 0.25) is 0 Å². The summed E-state index contributed by atoms with van der Waals surface area (Å²) in [4.78, 5) is 15.2. The van der Waals surface area contributed by atoms with Crippen molar-refractivity contribution in [2.45, 2.75) is 31.8 Å². The van der Waals surface area contributed by atoms with Gasteiger partial charge in [0.25, 0.3) is 0 Å². The number of rotatable bonds is 6. The van der Waals surface area contributed by atoms with Crippen molar-refractivity contribution in [3.05, 3.63) is 17.8 Å². The van der Waals surface area contributed by atoms with Crippen molar-refractivity contribution in [1.29, 1.82) is 0 Å². The molecule has 1 aliphatic carbocycles. The van der Waals surface area contributed by atoms with Crippen molar-refractivity contribution in [2.24, 2.45) is 5.92 Å². The summed E-state index contributed by atoms with van der Waals surface area (Å²) in [6.45, 7) is 2.29. The number of nitrogens with one attached hydrogen (secondary N) is 1. The molecule has 0 aromatic carbocycles. The van der Waals surface area contributed by atoms with Gasteiger partial charge in [0.05, 0.1) is 12.7 Å². The molecule has 1 aromatic rings. The third-order valence-corrected chi connectivity index (χ3v) is 3.71. The van der Waals surface area contributed by atoms with Gasteiger partial charge in [-0.1, -0.05) is 0 Å². The van der Waals surface area contributed by atoms with Crippen molar-refractivity contribution < 1.29 is 19.4 Å². The van der Waals surface area contributed by atoms with E-state index in [1.165, 1.54) is 6.07 Å². The van der Waals surface area contributed by atoms with Crippen molar-refractivity contribution in [3.63, 3.8) is 0 Å². The fourth-order valence-corrected chi connectivity index (χ4v) is 2.36. The quantitative estimate of drug-likeness (QED) is 0.836. The molecule has 1 aromatic heterocycles. The predicted molar refractivity (Wildman–Crippen MR) is 76.9 cm³/mol. The topological polar surface area (TPSA) is 80.7 Å². The molecule has 1 unspecified atom stereocenters. The highest BCUT2D eigenvalue weighted by molar-refractivity contribution is 5.86. The maximum atomic E-state index is 11.1. The predicted octanol–water partition coefficient (Wildman–Crippen LogP) is 2.16. The van der Waals surface area contributed by atoms with Gasteiger partial charge in [0.1, 0.15) is 0 Å². The normalized spacial score (nSPS) is 21.8. The number of hydrogen-bond donors (Lipinski definition) is 2. The number of pyridine rings is 1. The zero-order valence-electron chi connectivity index (χ0n) is 11.9. The summed E-state index contributed by atoms with van der Waals surface area (Å²) in [6.07, 6.45) is 4.54. The van der Waals surface area contributed by atoms with Crippen LogP contribution in [0.4, 0.5) is 5.82 Å². The van der Waals surface area contributed by atoms with Crippen molar-refractivity contribution in [1.82, 2.24) is 4.98 Å². The largest absolute Gasteiger partial charge is 0.487 e. The van der Waals surface area contributed by atoms with E-state index in [2.05, 4.69) is 10.3 Å². The van der Waals surface area contributed by atoms with Gasteiger partial charge < -0.3 is 19.9 Å². The number of carboxylic acids is 1. The molecule has 1 atom stereocenters. The first-order valence-electron chi connectivity index (χ1n) is 7.45. The Bertz CT molecular complexity index is 510. The maximum absolute atomic E-state index is 11.1. The van der Waals surface area contributed by atoms with Crippen LogP contribution in [0, 0.1) is 5.92 Å². The standard InChI is InChI=1S/C15H20N2O4/c18-15(19)12-5-6-13(21-11-3-4-11)14(17-12)16-8-10-2-1-7-20-9-10/h5-6,10-11H,1-4,7-9H2,(H,16,17)(H,18,19). The van der Waals surface area contributed by atoms with Crippen LogP contribution in [-0.2, 0) is 4.74 Å². The second kappa shape index (κ2) is 6.30. The Morgan fingerprint density at radius 1 is 1.43 bits per heavy atom.